The predicted octanol–water partition coefficient (Wildman–Crippen LogP) is 3.88. The van der Waals surface area contributed by atoms with Crippen LogP contribution in [-0.2, 0) is 4.74 Å². The van der Waals surface area contributed by atoms with E-state index in [9.17, 15) is 20.6 Å². The molecule has 0 bridgehead atoms. The van der Waals surface area contributed by atoms with Gasteiger partial charge in [-0.1, -0.05) is 35.3 Å². The van der Waals surface area contributed by atoms with Crippen LogP contribution in [0.3, 0.4) is 0 Å². The van der Waals surface area contributed by atoms with Crippen LogP contribution in [-0.4, -0.2) is 30.7 Å². The number of fused-ring (bicyclic) bond motifs is 1. The lowest BCUT2D eigenvalue weighted by molar-refractivity contribution is 0.0999. The van der Waals surface area contributed by atoms with Crippen LogP contribution >= 0.6 is 23.2 Å². The molecule has 9 heteroatoms. The van der Waals surface area contributed by atoms with E-state index < -0.39 is 23.3 Å². The van der Waals surface area contributed by atoms with E-state index in [0.717, 1.165) is 0 Å². The topological polar surface area (TPSA) is 127 Å². The molecule has 1 aromatic rings. The Balaban J connectivity index is 2.26. The lowest BCUT2D eigenvalue weighted by Crippen LogP contribution is -2.49. The Labute approximate surface area is 184 Å². The molecule has 1 aliphatic carbocycles. The molecule has 1 amide bonds. The van der Waals surface area contributed by atoms with Crippen LogP contribution in [0, 0.1) is 45.3 Å². The van der Waals surface area contributed by atoms with Crippen molar-refractivity contribution in [1.29, 1.82) is 15.8 Å². The van der Waals surface area contributed by atoms with Crippen molar-refractivity contribution in [2.45, 2.75) is 12.8 Å². The van der Waals surface area contributed by atoms with Gasteiger partial charge < -0.3 is 15.4 Å². The fourth-order valence-corrected chi connectivity index (χ4v) is 4.43. The summed E-state index contributed by atoms with van der Waals surface area (Å²) in [7, 11) is 0. The number of allylic oxidation sites excluding steroid dienone is 2. The van der Waals surface area contributed by atoms with Crippen molar-refractivity contribution in [3.05, 3.63) is 56.7 Å². The molecule has 2 aliphatic rings. The predicted molar refractivity (Wildman–Crippen MR) is 110 cm³/mol. The first-order chi connectivity index (χ1) is 14.3. The maximum Gasteiger partial charge on any atom is 0.410 e. The van der Waals surface area contributed by atoms with Crippen LogP contribution in [0.1, 0.15) is 18.4 Å². The quantitative estimate of drug-likeness (QED) is 0.741. The zero-order valence-corrected chi connectivity index (χ0v) is 17.5. The minimum absolute atomic E-state index is 0.0989. The SMILES string of the molecule is CCOC(=O)N1CC=C2C(C#N)=C(N)C(C#N)(C#N)C(c3ccc(Cl)c(Cl)c3)C2C1. The number of nitrogens with zero attached hydrogens (tertiary/aromatic N) is 4. The summed E-state index contributed by atoms with van der Waals surface area (Å²) in [6.45, 7) is 2.29. The van der Waals surface area contributed by atoms with Gasteiger partial charge in [0.25, 0.3) is 0 Å². The highest BCUT2D eigenvalue weighted by Gasteiger charge is 2.54. The van der Waals surface area contributed by atoms with E-state index in [0.29, 0.717) is 16.2 Å². The number of ether oxygens (including phenoxy) is 1. The molecule has 0 spiro atoms. The molecule has 152 valence electrons. The first-order valence-electron chi connectivity index (χ1n) is 9.14. The van der Waals surface area contributed by atoms with E-state index in [1.165, 1.54) is 4.90 Å². The summed E-state index contributed by atoms with van der Waals surface area (Å²) in [5, 5.41) is 30.4. The standard InChI is InChI=1S/C21H17Cl2N5O2/c1-2-30-20(29)28-6-5-13-14(8-24)19(27)21(10-25,11-26)18(15(13)9-28)12-3-4-16(22)17(23)7-12/h3-5,7,15,18H,2,6,9,27H2,1H3. The van der Waals surface area contributed by atoms with Crippen LogP contribution in [0.2, 0.25) is 10.0 Å². The summed E-state index contributed by atoms with van der Waals surface area (Å²) in [4.78, 5) is 13.8. The molecule has 0 aromatic heterocycles. The summed E-state index contributed by atoms with van der Waals surface area (Å²) in [6.07, 6.45) is 1.21. The van der Waals surface area contributed by atoms with Crippen molar-refractivity contribution < 1.29 is 9.53 Å². The molecule has 1 aliphatic heterocycles. The molecular formula is C21H17Cl2N5O2. The Bertz CT molecular complexity index is 1080. The van der Waals surface area contributed by atoms with Crippen molar-refractivity contribution >= 4 is 29.3 Å². The first kappa shape index (κ1) is 21.5. The molecule has 3 rings (SSSR count). The Morgan fingerprint density at radius 1 is 1.30 bits per heavy atom. The zero-order valence-electron chi connectivity index (χ0n) is 16.0. The molecule has 7 nitrogen and oxygen atoms in total. The average molecular weight is 442 g/mol. The molecular weight excluding hydrogens is 425 g/mol. The van der Waals surface area contributed by atoms with Gasteiger partial charge in [0.15, 0.2) is 5.41 Å². The van der Waals surface area contributed by atoms with Crippen molar-refractivity contribution in [3.63, 3.8) is 0 Å². The second kappa shape index (κ2) is 8.28. The smallest absolute Gasteiger partial charge is 0.410 e. The lowest BCUT2D eigenvalue weighted by Gasteiger charge is -2.45. The van der Waals surface area contributed by atoms with Crippen LogP contribution in [0.25, 0.3) is 0 Å². The fourth-order valence-electron chi connectivity index (χ4n) is 4.13. The van der Waals surface area contributed by atoms with Crippen molar-refractivity contribution in [2.24, 2.45) is 17.1 Å². The van der Waals surface area contributed by atoms with Crippen molar-refractivity contribution in [1.82, 2.24) is 4.90 Å². The Morgan fingerprint density at radius 2 is 2.00 bits per heavy atom. The van der Waals surface area contributed by atoms with E-state index in [4.69, 9.17) is 33.7 Å². The normalized spacial score (nSPS) is 22.1. The third kappa shape index (κ3) is 3.25. The summed E-state index contributed by atoms with van der Waals surface area (Å²) in [5.41, 5.74) is 5.59. The molecule has 0 radical (unpaired) electrons. The largest absolute Gasteiger partial charge is 0.450 e. The van der Waals surface area contributed by atoms with Gasteiger partial charge in [0.2, 0.25) is 0 Å². The van der Waals surface area contributed by atoms with E-state index in [1.54, 1.807) is 31.2 Å². The van der Waals surface area contributed by atoms with Crippen molar-refractivity contribution in [2.75, 3.05) is 19.7 Å². The maximum absolute atomic E-state index is 12.3. The third-order valence-electron chi connectivity index (χ3n) is 5.49. The van der Waals surface area contributed by atoms with Gasteiger partial charge in [0.05, 0.1) is 40.1 Å². The lowest BCUT2D eigenvalue weighted by atomic mass is 9.58. The number of benzene rings is 1. The number of amides is 1. The van der Waals surface area contributed by atoms with Crippen LogP contribution in [0.4, 0.5) is 4.79 Å². The van der Waals surface area contributed by atoms with Gasteiger partial charge in [-0.2, -0.15) is 15.8 Å². The molecule has 0 fully saturated rings. The Morgan fingerprint density at radius 3 is 2.57 bits per heavy atom. The summed E-state index contributed by atoms with van der Waals surface area (Å²) in [5.74, 6) is -1.32. The van der Waals surface area contributed by atoms with E-state index in [2.05, 4.69) is 0 Å². The second-order valence-electron chi connectivity index (χ2n) is 6.95. The molecule has 30 heavy (non-hydrogen) atoms. The molecule has 2 atom stereocenters. The monoisotopic (exact) mass is 441 g/mol. The number of nitriles is 3. The number of hydrogen-bond acceptors (Lipinski definition) is 6. The third-order valence-corrected chi connectivity index (χ3v) is 6.23. The highest BCUT2D eigenvalue weighted by atomic mass is 35.5. The molecule has 1 aromatic carbocycles. The van der Waals surface area contributed by atoms with Crippen LogP contribution in [0.15, 0.2) is 41.1 Å². The molecule has 2 N–H and O–H groups in total. The Hall–Kier alpha value is -3.18. The molecule has 1 heterocycles. The number of halogens is 2. The number of rotatable bonds is 2. The Kier molecular flexibility index (Phi) is 5.94. The van der Waals surface area contributed by atoms with Gasteiger partial charge in [0, 0.05) is 24.9 Å². The molecule has 2 unspecified atom stereocenters. The minimum Gasteiger partial charge on any atom is -0.450 e. The average Bonchev–Trinajstić information content (AvgIpc) is 2.75. The second-order valence-corrected chi connectivity index (χ2v) is 7.77. The minimum atomic E-state index is -1.82. The number of carbonyl (C=O) groups is 1. The van der Waals surface area contributed by atoms with Gasteiger partial charge in [-0.3, -0.25) is 0 Å². The van der Waals surface area contributed by atoms with Crippen LogP contribution in [0.5, 0.6) is 0 Å². The number of nitrogens with two attached hydrogens (primary N) is 1. The van der Waals surface area contributed by atoms with Crippen molar-refractivity contribution in [3.8, 4) is 18.2 Å². The van der Waals surface area contributed by atoms with Gasteiger partial charge in [-0.05, 0) is 30.2 Å². The van der Waals surface area contributed by atoms with Crippen LogP contribution < -0.4 is 5.73 Å². The summed E-state index contributed by atoms with van der Waals surface area (Å²) < 4.78 is 5.10. The summed E-state index contributed by atoms with van der Waals surface area (Å²) in [6, 6.07) is 10.9. The van der Waals surface area contributed by atoms with E-state index in [1.807, 2.05) is 18.2 Å². The van der Waals surface area contributed by atoms with Gasteiger partial charge in [-0.25, -0.2) is 4.79 Å². The maximum atomic E-state index is 12.3. The number of hydrogen-bond donors (Lipinski definition) is 1. The van der Waals surface area contributed by atoms with Gasteiger partial charge in [0.1, 0.15) is 6.07 Å². The molecule has 0 saturated carbocycles. The van der Waals surface area contributed by atoms with E-state index >= 15 is 0 Å². The zero-order chi connectivity index (χ0) is 22.1. The fraction of sp³-hybridized carbons (Fsp3) is 0.333. The first-order valence-corrected chi connectivity index (χ1v) is 9.90. The summed E-state index contributed by atoms with van der Waals surface area (Å²) >= 11 is 12.3. The highest BCUT2D eigenvalue weighted by Crippen LogP contribution is 2.54. The number of carbonyl (C=O) groups excluding carboxylic acids is 1. The molecule has 0 saturated heterocycles. The van der Waals surface area contributed by atoms with Gasteiger partial charge >= 0.3 is 6.09 Å². The highest BCUT2D eigenvalue weighted by molar-refractivity contribution is 6.42. The van der Waals surface area contributed by atoms with Gasteiger partial charge in [-0.15, -0.1) is 0 Å². The van der Waals surface area contributed by atoms with E-state index in [-0.39, 0.29) is 36.0 Å².